The molecular formula is C11H17NS2. The standard InChI is InChI=1S/C11H17NS2/c1-9(10-2-5-14-8-10)12-11-3-6-13-7-4-11/h2,5,8-9,11-12H,3-4,6-7H2,1H3. The summed E-state index contributed by atoms with van der Waals surface area (Å²) in [4.78, 5) is 0. The van der Waals surface area contributed by atoms with E-state index >= 15 is 0 Å². The molecule has 0 bridgehead atoms. The van der Waals surface area contributed by atoms with Crippen molar-refractivity contribution in [2.45, 2.75) is 31.8 Å². The van der Waals surface area contributed by atoms with Crippen molar-refractivity contribution in [3.63, 3.8) is 0 Å². The first-order valence-electron chi connectivity index (χ1n) is 5.22. The van der Waals surface area contributed by atoms with E-state index in [0.29, 0.717) is 6.04 Å². The lowest BCUT2D eigenvalue weighted by molar-refractivity contribution is 0.432. The first-order chi connectivity index (χ1) is 6.86. The van der Waals surface area contributed by atoms with Crippen molar-refractivity contribution in [2.24, 2.45) is 0 Å². The zero-order valence-electron chi connectivity index (χ0n) is 8.53. The molecule has 1 nitrogen and oxygen atoms in total. The highest BCUT2D eigenvalue weighted by Gasteiger charge is 2.16. The quantitative estimate of drug-likeness (QED) is 0.850. The van der Waals surface area contributed by atoms with E-state index in [1.165, 1.54) is 29.9 Å². The molecular weight excluding hydrogens is 210 g/mol. The second-order valence-corrected chi connectivity index (χ2v) is 5.84. The Kier molecular flexibility index (Phi) is 3.90. The minimum Gasteiger partial charge on any atom is -0.307 e. The van der Waals surface area contributed by atoms with E-state index < -0.39 is 0 Å². The van der Waals surface area contributed by atoms with Gasteiger partial charge < -0.3 is 5.32 Å². The molecule has 3 heteroatoms. The lowest BCUT2D eigenvalue weighted by Crippen LogP contribution is -2.34. The Bertz CT molecular complexity index is 252. The third-order valence-electron chi connectivity index (χ3n) is 2.75. The molecule has 14 heavy (non-hydrogen) atoms. The van der Waals surface area contributed by atoms with Crippen LogP contribution in [0.15, 0.2) is 16.8 Å². The lowest BCUT2D eigenvalue weighted by atomic mass is 10.1. The third-order valence-corrected chi connectivity index (χ3v) is 4.50. The van der Waals surface area contributed by atoms with Gasteiger partial charge in [-0.25, -0.2) is 0 Å². The lowest BCUT2D eigenvalue weighted by Gasteiger charge is -2.26. The van der Waals surface area contributed by atoms with Crippen LogP contribution in [0.3, 0.4) is 0 Å². The molecule has 1 fully saturated rings. The molecule has 1 aliphatic rings. The highest BCUT2D eigenvalue weighted by molar-refractivity contribution is 7.99. The molecule has 1 unspecified atom stereocenters. The molecule has 1 aromatic rings. The Balaban J connectivity index is 1.84. The summed E-state index contributed by atoms with van der Waals surface area (Å²) in [5.74, 6) is 2.65. The second-order valence-electron chi connectivity index (χ2n) is 3.83. The van der Waals surface area contributed by atoms with Crippen molar-refractivity contribution < 1.29 is 0 Å². The molecule has 0 saturated carbocycles. The molecule has 2 rings (SSSR count). The van der Waals surface area contributed by atoms with Gasteiger partial charge >= 0.3 is 0 Å². The molecule has 0 aromatic carbocycles. The summed E-state index contributed by atoms with van der Waals surface area (Å²) in [5.41, 5.74) is 1.44. The Labute approximate surface area is 94.3 Å². The van der Waals surface area contributed by atoms with Crippen molar-refractivity contribution in [3.8, 4) is 0 Å². The van der Waals surface area contributed by atoms with Crippen LogP contribution >= 0.6 is 23.1 Å². The van der Waals surface area contributed by atoms with Crippen molar-refractivity contribution in [2.75, 3.05) is 11.5 Å². The summed E-state index contributed by atoms with van der Waals surface area (Å²) >= 11 is 3.87. The highest BCUT2D eigenvalue weighted by Crippen LogP contribution is 2.21. The number of thioether (sulfide) groups is 1. The maximum atomic E-state index is 3.71. The SMILES string of the molecule is CC(NC1CCSCC1)c1ccsc1. The Hall–Kier alpha value is 0.01000. The zero-order valence-corrected chi connectivity index (χ0v) is 10.2. The minimum atomic E-state index is 0.523. The van der Waals surface area contributed by atoms with Gasteiger partial charge in [0.05, 0.1) is 0 Å². The van der Waals surface area contributed by atoms with E-state index in [1.807, 2.05) is 0 Å². The molecule has 0 spiro atoms. The van der Waals surface area contributed by atoms with Crippen LogP contribution in [0, 0.1) is 0 Å². The molecule has 1 aliphatic heterocycles. The summed E-state index contributed by atoms with van der Waals surface area (Å²) in [7, 11) is 0. The van der Waals surface area contributed by atoms with Gasteiger partial charge in [0.2, 0.25) is 0 Å². The Morgan fingerprint density at radius 1 is 1.43 bits per heavy atom. The van der Waals surface area contributed by atoms with Crippen LogP contribution in [0.25, 0.3) is 0 Å². The largest absolute Gasteiger partial charge is 0.307 e. The summed E-state index contributed by atoms with van der Waals surface area (Å²) in [6.07, 6.45) is 2.66. The number of nitrogens with one attached hydrogen (secondary N) is 1. The fourth-order valence-corrected chi connectivity index (χ4v) is 3.70. The van der Waals surface area contributed by atoms with Crippen molar-refractivity contribution in [1.29, 1.82) is 0 Å². The van der Waals surface area contributed by atoms with Gasteiger partial charge in [-0.2, -0.15) is 23.1 Å². The summed E-state index contributed by atoms with van der Waals surface area (Å²) in [6.45, 7) is 2.27. The summed E-state index contributed by atoms with van der Waals surface area (Å²) in [5, 5.41) is 8.12. The number of rotatable bonds is 3. The summed E-state index contributed by atoms with van der Waals surface area (Å²) < 4.78 is 0. The molecule has 78 valence electrons. The van der Waals surface area contributed by atoms with Crippen molar-refractivity contribution in [3.05, 3.63) is 22.4 Å². The van der Waals surface area contributed by atoms with Gasteiger partial charge in [-0.3, -0.25) is 0 Å². The van der Waals surface area contributed by atoms with Gasteiger partial charge in [0, 0.05) is 12.1 Å². The van der Waals surface area contributed by atoms with Gasteiger partial charge in [-0.05, 0) is 53.7 Å². The van der Waals surface area contributed by atoms with Crippen LogP contribution in [0.4, 0.5) is 0 Å². The molecule has 0 aliphatic carbocycles. The van der Waals surface area contributed by atoms with Crippen LogP contribution in [0.1, 0.15) is 31.4 Å². The first-order valence-corrected chi connectivity index (χ1v) is 7.32. The number of thiophene rings is 1. The van der Waals surface area contributed by atoms with Gasteiger partial charge in [0.1, 0.15) is 0 Å². The number of hydrogen-bond donors (Lipinski definition) is 1. The second kappa shape index (κ2) is 5.19. The van der Waals surface area contributed by atoms with E-state index in [9.17, 15) is 0 Å². The topological polar surface area (TPSA) is 12.0 Å². The van der Waals surface area contributed by atoms with Gasteiger partial charge in [0.25, 0.3) is 0 Å². The van der Waals surface area contributed by atoms with E-state index in [-0.39, 0.29) is 0 Å². The highest BCUT2D eigenvalue weighted by atomic mass is 32.2. The Morgan fingerprint density at radius 3 is 2.86 bits per heavy atom. The minimum absolute atomic E-state index is 0.523. The molecule has 1 aromatic heterocycles. The molecule has 1 saturated heterocycles. The monoisotopic (exact) mass is 227 g/mol. The van der Waals surface area contributed by atoms with Crippen molar-refractivity contribution >= 4 is 23.1 Å². The predicted octanol–water partition coefficient (Wildman–Crippen LogP) is 3.29. The van der Waals surface area contributed by atoms with Crippen LogP contribution in [0.2, 0.25) is 0 Å². The zero-order chi connectivity index (χ0) is 9.80. The molecule has 2 heterocycles. The van der Waals surface area contributed by atoms with Gasteiger partial charge in [-0.15, -0.1) is 0 Å². The van der Waals surface area contributed by atoms with Crippen LogP contribution in [0.5, 0.6) is 0 Å². The molecule has 0 radical (unpaired) electrons. The smallest absolute Gasteiger partial charge is 0.0302 e. The summed E-state index contributed by atoms with van der Waals surface area (Å²) in [6, 6.07) is 3.49. The van der Waals surface area contributed by atoms with E-state index in [1.54, 1.807) is 11.3 Å². The van der Waals surface area contributed by atoms with Crippen molar-refractivity contribution in [1.82, 2.24) is 5.32 Å². The predicted molar refractivity (Wildman–Crippen MR) is 66.2 cm³/mol. The fraction of sp³-hybridized carbons (Fsp3) is 0.636. The van der Waals surface area contributed by atoms with E-state index in [4.69, 9.17) is 0 Å². The van der Waals surface area contributed by atoms with Crippen LogP contribution in [-0.2, 0) is 0 Å². The maximum absolute atomic E-state index is 3.71. The normalized spacial score (nSPS) is 20.9. The average Bonchev–Trinajstić information content (AvgIpc) is 2.72. The average molecular weight is 227 g/mol. The van der Waals surface area contributed by atoms with Crippen LogP contribution in [-0.4, -0.2) is 17.5 Å². The maximum Gasteiger partial charge on any atom is 0.0302 e. The number of hydrogen-bond acceptors (Lipinski definition) is 3. The third kappa shape index (κ3) is 2.75. The van der Waals surface area contributed by atoms with E-state index in [0.717, 1.165) is 6.04 Å². The fourth-order valence-electron chi connectivity index (χ4n) is 1.84. The van der Waals surface area contributed by atoms with E-state index in [2.05, 4.69) is 40.8 Å². The van der Waals surface area contributed by atoms with Gasteiger partial charge in [-0.1, -0.05) is 0 Å². The molecule has 1 N–H and O–H groups in total. The molecule has 1 atom stereocenters. The van der Waals surface area contributed by atoms with Crippen LogP contribution < -0.4 is 5.32 Å². The first kappa shape index (κ1) is 10.5. The van der Waals surface area contributed by atoms with Gasteiger partial charge in [0.15, 0.2) is 0 Å². The molecule has 0 amide bonds. The Morgan fingerprint density at radius 2 is 2.21 bits per heavy atom.